The third-order valence-electron chi connectivity index (χ3n) is 2.29. The van der Waals surface area contributed by atoms with E-state index in [-0.39, 0.29) is 0 Å². The van der Waals surface area contributed by atoms with Gasteiger partial charge >= 0.3 is 6.03 Å². The van der Waals surface area contributed by atoms with Crippen molar-refractivity contribution in [3.8, 4) is 0 Å². The summed E-state index contributed by atoms with van der Waals surface area (Å²) in [6.07, 6.45) is 0. The summed E-state index contributed by atoms with van der Waals surface area (Å²) < 4.78 is 0. The number of rotatable bonds is 3. The van der Waals surface area contributed by atoms with Gasteiger partial charge in [0.05, 0.1) is 10.3 Å². The van der Waals surface area contributed by atoms with Gasteiger partial charge in [0.25, 0.3) is 0 Å². The number of nitrogens with one attached hydrogen (secondary N) is 2. The Morgan fingerprint density at radius 3 is 2.43 bits per heavy atom. The molecule has 0 heterocycles. The number of thioether (sulfide) groups is 1. The average Bonchev–Trinajstić information content (AvgIpc) is 2.31. The van der Waals surface area contributed by atoms with E-state index in [9.17, 15) is 9.59 Å². The van der Waals surface area contributed by atoms with E-state index in [2.05, 4.69) is 10.6 Å². The van der Waals surface area contributed by atoms with Crippen molar-refractivity contribution in [2.24, 2.45) is 0 Å². The maximum absolute atomic E-state index is 12.0. The van der Waals surface area contributed by atoms with Crippen LogP contribution in [0.3, 0.4) is 0 Å². The van der Waals surface area contributed by atoms with Crippen LogP contribution in [0, 0.1) is 0 Å². The number of urea groups is 1. The van der Waals surface area contributed by atoms with Crippen molar-refractivity contribution >= 4 is 46.9 Å². The Morgan fingerprint density at radius 1 is 1.24 bits per heavy atom. The van der Waals surface area contributed by atoms with E-state index in [1.54, 1.807) is 25.1 Å². The molecule has 0 bridgehead atoms. The highest BCUT2D eigenvalue weighted by atomic mass is 35.5. The highest BCUT2D eigenvalue weighted by molar-refractivity contribution is 8.00. The van der Waals surface area contributed by atoms with E-state index in [0.717, 1.165) is 0 Å². The summed E-state index contributed by atoms with van der Waals surface area (Å²) in [6, 6.07) is 4.52. The van der Waals surface area contributed by atoms with Crippen LogP contribution in [0.5, 0.6) is 0 Å². The largest absolute Gasteiger partial charge is 0.333 e. The second kappa shape index (κ2) is 7.38. The molecular formula is C14H18Cl2N2O2S. The molecule has 1 atom stereocenters. The van der Waals surface area contributed by atoms with Crippen LogP contribution in [-0.2, 0) is 4.79 Å². The lowest BCUT2D eigenvalue weighted by Gasteiger charge is -2.21. The Bertz CT molecular complexity index is 544. The average molecular weight is 349 g/mol. The summed E-state index contributed by atoms with van der Waals surface area (Å²) in [7, 11) is 0. The van der Waals surface area contributed by atoms with Crippen LogP contribution in [0.1, 0.15) is 27.7 Å². The van der Waals surface area contributed by atoms with Gasteiger partial charge in [-0.05, 0) is 45.9 Å². The molecule has 0 fully saturated rings. The molecule has 0 saturated heterocycles. The molecule has 1 aromatic rings. The van der Waals surface area contributed by atoms with E-state index >= 15 is 0 Å². The normalized spacial score (nSPS) is 12.7. The van der Waals surface area contributed by atoms with E-state index in [4.69, 9.17) is 23.2 Å². The maximum atomic E-state index is 12.0. The molecule has 0 aliphatic rings. The molecule has 2 N–H and O–H groups in total. The van der Waals surface area contributed by atoms with Gasteiger partial charge in [-0.2, -0.15) is 0 Å². The van der Waals surface area contributed by atoms with Gasteiger partial charge < -0.3 is 5.32 Å². The molecule has 0 aliphatic carbocycles. The quantitative estimate of drug-likeness (QED) is 0.808. The van der Waals surface area contributed by atoms with Crippen molar-refractivity contribution in [1.29, 1.82) is 0 Å². The lowest BCUT2D eigenvalue weighted by Crippen LogP contribution is -2.49. The summed E-state index contributed by atoms with van der Waals surface area (Å²) in [6.45, 7) is 7.20. The molecule has 1 unspecified atom stereocenters. The van der Waals surface area contributed by atoms with Crippen molar-refractivity contribution in [3.63, 3.8) is 0 Å². The number of imide groups is 1. The Morgan fingerprint density at radius 2 is 1.86 bits per heavy atom. The number of carbonyl (C=O) groups excluding carboxylic acids is 2. The van der Waals surface area contributed by atoms with E-state index in [1.807, 2.05) is 20.8 Å². The Labute approximate surface area is 139 Å². The molecule has 0 aliphatic heterocycles. The molecule has 3 amide bonds. The minimum Gasteiger partial charge on any atom is -0.333 e. The molecule has 0 saturated carbocycles. The van der Waals surface area contributed by atoms with Gasteiger partial charge in [-0.3, -0.25) is 10.1 Å². The smallest absolute Gasteiger partial charge is 0.321 e. The zero-order valence-electron chi connectivity index (χ0n) is 12.3. The molecule has 4 nitrogen and oxygen atoms in total. The highest BCUT2D eigenvalue weighted by Crippen LogP contribution is 2.32. The van der Waals surface area contributed by atoms with Gasteiger partial charge in [0.2, 0.25) is 5.91 Å². The van der Waals surface area contributed by atoms with Crippen LogP contribution in [0.25, 0.3) is 0 Å². The van der Waals surface area contributed by atoms with E-state index in [0.29, 0.717) is 14.9 Å². The fraction of sp³-hybridized carbons (Fsp3) is 0.429. The topological polar surface area (TPSA) is 58.2 Å². The molecule has 21 heavy (non-hydrogen) atoms. The lowest BCUT2D eigenvalue weighted by atomic mass is 10.1. The first-order chi connectivity index (χ1) is 9.58. The number of hydrogen-bond donors (Lipinski definition) is 2. The minimum atomic E-state index is -0.517. The van der Waals surface area contributed by atoms with Crippen LogP contribution in [-0.4, -0.2) is 22.7 Å². The second-order valence-electron chi connectivity index (χ2n) is 5.53. The number of hydrogen-bond acceptors (Lipinski definition) is 3. The fourth-order valence-electron chi connectivity index (χ4n) is 1.40. The Balaban J connectivity index is 2.63. The monoisotopic (exact) mass is 348 g/mol. The Hall–Kier alpha value is -0.910. The lowest BCUT2D eigenvalue weighted by molar-refractivity contribution is -0.119. The molecule has 7 heteroatoms. The molecule has 1 aromatic carbocycles. The van der Waals surface area contributed by atoms with Crippen LogP contribution < -0.4 is 10.6 Å². The third-order valence-corrected chi connectivity index (χ3v) is 4.13. The number of amides is 3. The number of carbonyl (C=O) groups is 2. The van der Waals surface area contributed by atoms with Crippen molar-refractivity contribution < 1.29 is 9.59 Å². The Kier molecular flexibility index (Phi) is 6.38. The standard InChI is InChI=1S/C14H18Cl2N2O2S/c1-8(12(19)17-13(20)18-14(2,3)4)21-11-7-9(15)5-6-10(11)16/h5-8H,1-4H3,(H2,17,18,19,20). The molecular weight excluding hydrogens is 331 g/mol. The number of benzene rings is 1. The maximum Gasteiger partial charge on any atom is 0.321 e. The van der Waals surface area contributed by atoms with Crippen molar-refractivity contribution in [2.75, 3.05) is 0 Å². The van der Waals surface area contributed by atoms with E-state index < -0.39 is 22.7 Å². The van der Waals surface area contributed by atoms with Crippen LogP contribution in [0.15, 0.2) is 23.1 Å². The zero-order valence-corrected chi connectivity index (χ0v) is 14.6. The summed E-state index contributed by atoms with van der Waals surface area (Å²) in [5, 5.41) is 5.55. The van der Waals surface area contributed by atoms with E-state index in [1.165, 1.54) is 11.8 Å². The molecule has 116 valence electrons. The zero-order chi connectivity index (χ0) is 16.2. The predicted octanol–water partition coefficient (Wildman–Crippen LogP) is 4.10. The SMILES string of the molecule is CC(Sc1cc(Cl)ccc1Cl)C(=O)NC(=O)NC(C)(C)C. The molecule has 0 aromatic heterocycles. The van der Waals surface area contributed by atoms with Gasteiger partial charge in [-0.1, -0.05) is 23.2 Å². The summed E-state index contributed by atoms with van der Waals surface area (Å²) in [5.74, 6) is -0.391. The van der Waals surface area contributed by atoms with Gasteiger partial charge in [0.1, 0.15) is 0 Å². The van der Waals surface area contributed by atoms with Crippen LogP contribution in [0.2, 0.25) is 10.0 Å². The van der Waals surface area contributed by atoms with Crippen molar-refractivity contribution in [1.82, 2.24) is 10.6 Å². The third kappa shape index (κ3) is 6.59. The predicted molar refractivity (Wildman–Crippen MR) is 88.2 cm³/mol. The first-order valence-corrected chi connectivity index (χ1v) is 7.97. The van der Waals surface area contributed by atoms with Crippen molar-refractivity contribution in [2.45, 2.75) is 43.4 Å². The van der Waals surface area contributed by atoms with Crippen LogP contribution in [0.4, 0.5) is 4.79 Å². The summed E-state index contributed by atoms with van der Waals surface area (Å²) in [4.78, 5) is 24.3. The van der Waals surface area contributed by atoms with Crippen molar-refractivity contribution in [3.05, 3.63) is 28.2 Å². The van der Waals surface area contributed by atoms with Crippen LogP contribution >= 0.6 is 35.0 Å². The molecule has 1 rings (SSSR count). The van der Waals surface area contributed by atoms with Gasteiger partial charge in [0.15, 0.2) is 0 Å². The highest BCUT2D eigenvalue weighted by Gasteiger charge is 2.20. The summed E-state index contributed by atoms with van der Waals surface area (Å²) >= 11 is 13.2. The molecule has 0 spiro atoms. The van der Waals surface area contributed by atoms with Gasteiger partial charge in [-0.25, -0.2) is 4.79 Å². The van der Waals surface area contributed by atoms with Gasteiger partial charge in [0, 0.05) is 15.5 Å². The minimum absolute atomic E-state index is 0.391. The first kappa shape index (κ1) is 18.1. The first-order valence-electron chi connectivity index (χ1n) is 6.33. The summed E-state index contributed by atoms with van der Waals surface area (Å²) in [5.41, 5.74) is -0.406. The second-order valence-corrected chi connectivity index (χ2v) is 7.75. The van der Waals surface area contributed by atoms with Gasteiger partial charge in [-0.15, -0.1) is 11.8 Å². The molecule has 0 radical (unpaired) electrons. The fourth-order valence-corrected chi connectivity index (χ4v) is 2.81. The number of halogens is 2.